The highest BCUT2D eigenvalue weighted by Crippen LogP contribution is 2.36. The molecule has 5 heteroatoms. The molecule has 1 amide bonds. The van der Waals surface area contributed by atoms with Gasteiger partial charge in [0.1, 0.15) is 0 Å². The van der Waals surface area contributed by atoms with Crippen LogP contribution >= 0.6 is 0 Å². The van der Waals surface area contributed by atoms with Crippen molar-refractivity contribution >= 4 is 11.6 Å². The molecule has 0 aromatic heterocycles. The first-order valence-corrected chi connectivity index (χ1v) is 12.3. The monoisotopic (exact) mass is 450 g/mol. The summed E-state index contributed by atoms with van der Waals surface area (Å²) in [5, 5.41) is 6.58. The van der Waals surface area contributed by atoms with Crippen molar-refractivity contribution in [1.82, 2.24) is 5.32 Å². The summed E-state index contributed by atoms with van der Waals surface area (Å²) in [6.45, 7) is 7.92. The van der Waals surface area contributed by atoms with Crippen LogP contribution in [0.15, 0.2) is 42.5 Å². The molecule has 1 saturated heterocycles. The molecule has 2 atom stereocenters. The van der Waals surface area contributed by atoms with Crippen molar-refractivity contribution in [2.45, 2.75) is 70.3 Å². The van der Waals surface area contributed by atoms with Crippen LogP contribution in [-0.2, 0) is 10.2 Å². The largest absolute Gasteiger partial charge is 0.493 e. The minimum atomic E-state index is -0.0765. The van der Waals surface area contributed by atoms with E-state index >= 15 is 0 Å². The minimum Gasteiger partial charge on any atom is -0.493 e. The van der Waals surface area contributed by atoms with E-state index in [1.807, 2.05) is 6.07 Å². The molecule has 1 heterocycles. The highest BCUT2D eigenvalue weighted by molar-refractivity contribution is 5.80. The third-order valence-corrected chi connectivity index (χ3v) is 7.02. The molecule has 2 aromatic rings. The van der Waals surface area contributed by atoms with Crippen LogP contribution in [-0.4, -0.2) is 32.2 Å². The molecule has 2 unspecified atom stereocenters. The number of nitrogens with one attached hydrogen (secondary N) is 2. The van der Waals surface area contributed by atoms with Crippen LogP contribution in [0.2, 0.25) is 0 Å². The molecule has 178 valence electrons. The molecule has 1 aliphatic carbocycles. The van der Waals surface area contributed by atoms with Crippen molar-refractivity contribution < 1.29 is 14.3 Å². The van der Waals surface area contributed by atoms with Gasteiger partial charge in [0.25, 0.3) is 0 Å². The third-order valence-electron chi connectivity index (χ3n) is 7.02. The summed E-state index contributed by atoms with van der Waals surface area (Å²) in [7, 11) is 1.69. The van der Waals surface area contributed by atoms with E-state index in [-0.39, 0.29) is 29.3 Å². The number of benzene rings is 2. The Labute approximate surface area is 198 Å². The average Bonchev–Trinajstić information content (AvgIpc) is 3.31. The Kier molecular flexibility index (Phi) is 7.16. The molecule has 1 aliphatic heterocycles. The van der Waals surface area contributed by atoms with E-state index < -0.39 is 0 Å². The standard InChI is InChI=1S/C28H38N2O3/c1-28(2,3)22-10-12-23(13-11-22)29-18-21-15-20(17-30-27(21)31)19-9-14-25(32-4)26(16-19)33-24-7-5-6-8-24/h9-14,16,20-21,24,29H,5-8,15,17-18H2,1-4H3,(H,30,31). The molecule has 1 saturated carbocycles. The van der Waals surface area contributed by atoms with Gasteiger partial charge in [-0.05, 0) is 72.9 Å². The van der Waals surface area contributed by atoms with E-state index in [1.54, 1.807) is 7.11 Å². The van der Waals surface area contributed by atoms with Gasteiger partial charge < -0.3 is 20.1 Å². The number of hydrogen-bond acceptors (Lipinski definition) is 4. The normalized spacial score (nSPS) is 21.5. The zero-order valence-electron chi connectivity index (χ0n) is 20.4. The van der Waals surface area contributed by atoms with Gasteiger partial charge in [-0.15, -0.1) is 0 Å². The Morgan fingerprint density at radius 1 is 1.03 bits per heavy atom. The molecule has 0 bridgehead atoms. The zero-order valence-corrected chi connectivity index (χ0v) is 20.4. The lowest BCUT2D eigenvalue weighted by atomic mass is 9.84. The van der Waals surface area contributed by atoms with Crippen LogP contribution in [0.25, 0.3) is 0 Å². The van der Waals surface area contributed by atoms with E-state index in [0.29, 0.717) is 13.1 Å². The summed E-state index contributed by atoms with van der Waals surface area (Å²) >= 11 is 0. The molecule has 5 nitrogen and oxygen atoms in total. The Bertz CT molecular complexity index is 943. The summed E-state index contributed by atoms with van der Waals surface area (Å²) in [5.74, 6) is 1.91. The molecular weight excluding hydrogens is 412 g/mol. The molecule has 4 rings (SSSR count). The summed E-state index contributed by atoms with van der Waals surface area (Å²) < 4.78 is 11.8. The van der Waals surface area contributed by atoms with Gasteiger partial charge in [0.05, 0.1) is 19.1 Å². The van der Waals surface area contributed by atoms with Crippen molar-refractivity contribution in [2.75, 3.05) is 25.5 Å². The highest BCUT2D eigenvalue weighted by atomic mass is 16.5. The summed E-state index contributed by atoms with van der Waals surface area (Å²) in [4.78, 5) is 12.6. The first kappa shape index (κ1) is 23.5. The molecule has 2 N–H and O–H groups in total. The number of ether oxygens (including phenoxy) is 2. The summed E-state index contributed by atoms with van der Waals surface area (Å²) in [5.41, 5.74) is 3.69. The number of carbonyl (C=O) groups is 1. The van der Waals surface area contributed by atoms with E-state index in [4.69, 9.17) is 9.47 Å². The SMILES string of the molecule is COc1ccc(C2CNC(=O)C(CNc3ccc(C(C)(C)C)cc3)C2)cc1OC1CCCC1. The first-order chi connectivity index (χ1) is 15.8. The Morgan fingerprint density at radius 2 is 1.76 bits per heavy atom. The number of anilines is 1. The van der Waals surface area contributed by atoms with E-state index in [9.17, 15) is 4.79 Å². The molecule has 2 aliphatic rings. The number of carbonyl (C=O) groups excluding carboxylic acids is 1. The van der Waals surface area contributed by atoms with Gasteiger partial charge in [-0.2, -0.15) is 0 Å². The molecule has 0 radical (unpaired) electrons. The van der Waals surface area contributed by atoms with Crippen LogP contribution in [0.3, 0.4) is 0 Å². The van der Waals surface area contributed by atoms with Crippen LogP contribution < -0.4 is 20.1 Å². The van der Waals surface area contributed by atoms with Gasteiger partial charge in [-0.25, -0.2) is 0 Å². The minimum absolute atomic E-state index is 0.0765. The molecule has 33 heavy (non-hydrogen) atoms. The molecule has 2 fully saturated rings. The average molecular weight is 451 g/mol. The first-order valence-electron chi connectivity index (χ1n) is 12.3. The van der Waals surface area contributed by atoms with Gasteiger partial charge >= 0.3 is 0 Å². The predicted molar refractivity (Wildman–Crippen MR) is 133 cm³/mol. The number of amides is 1. The third kappa shape index (κ3) is 5.82. The van der Waals surface area contributed by atoms with Crippen LogP contribution in [0, 0.1) is 5.92 Å². The van der Waals surface area contributed by atoms with Gasteiger partial charge in [-0.3, -0.25) is 4.79 Å². The highest BCUT2D eigenvalue weighted by Gasteiger charge is 2.30. The predicted octanol–water partition coefficient (Wildman–Crippen LogP) is 5.65. The van der Waals surface area contributed by atoms with Crippen LogP contribution in [0.4, 0.5) is 5.69 Å². The Balaban J connectivity index is 1.41. The maximum atomic E-state index is 12.6. The molecule has 0 spiro atoms. The van der Waals surface area contributed by atoms with Crippen molar-refractivity contribution in [3.8, 4) is 11.5 Å². The number of methoxy groups -OCH3 is 1. The fraction of sp³-hybridized carbons (Fsp3) is 0.536. The molecule has 2 aromatic carbocycles. The second kappa shape index (κ2) is 10.1. The summed E-state index contributed by atoms with van der Waals surface area (Å²) in [6, 6.07) is 14.8. The zero-order chi connectivity index (χ0) is 23.4. The van der Waals surface area contributed by atoms with Gasteiger partial charge in [0, 0.05) is 24.7 Å². The van der Waals surface area contributed by atoms with Gasteiger partial charge in [0.15, 0.2) is 11.5 Å². The quantitative estimate of drug-likeness (QED) is 0.573. The van der Waals surface area contributed by atoms with Crippen LogP contribution in [0.5, 0.6) is 11.5 Å². The Morgan fingerprint density at radius 3 is 2.42 bits per heavy atom. The van der Waals surface area contributed by atoms with Gasteiger partial charge in [-0.1, -0.05) is 39.0 Å². The topological polar surface area (TPSA) is 59.6 Å². The van der Waals surface area contributed by atoms with Crippen LogP contribution in [0.1, 0.15) is 69.9 Å². The number of hydrogen-bond donors (Lipinski definition) is 2. The lowest BCUT2D eigenvalue weighted by Crippen LogP contribution is -2.43. The maximum Gasteiger partial charge on any atom is 0.224 e. The van der Waals surface area contributed by atoms with E-state index in [2.05, 4.69) is 67.8 Å². The smallest absolute Gasteiger partial charge is 0.224 e. The second-order valence-electron chi connectivity index (χ2n) is 10.5. The fourth-order valence-electron chi connectivity index (χ4n) is 4.89. The Hall–Kier alpha value is -2.69. The van der Waals surface area contributed by atoms with Crippen molar-refractivity contribution in [3.05, 3.63) is 53.6 Å². The summed E-state index contributed by atoms with van der Waals surface area (Å²) in [6.07, 6.45) is 5.77. The van der Waals surface area contributed by atoms with E-state index in [1.165, 1.54) is 24.0 Å². The van der Waals surface area contributed by atoms with Crippen molar-refractivity contribution in [3.63, 3.8) is 0 Å². The lowest BCUT2D eigenvalue weighted by Gasteiger charge is -2.30. The lowest BCUT2D eigenvalue weighted by molar-refractivity contribution is -0.126. The van der Waals surface area contributed by atoms with E-state index in [0.717, 1.165) is 36.4 Å². The maximum absolute atomic E-state index is 12.6. The van der Waals surface area contributed by atoms with Gasteiger partial charge in [0.2, 0.25) is 5.91 Å². The number of rotatable bonds is 7. The van der Waals surface area contributed by atoms with Crippen molar-refractivity contribution in [1.29, 1.82) is 0 Å². The number of piperidine rings is 1. The fourth-order valence-corrected chi connectivity index (χ4v) is 4.89. The molecular formula is C28H38N2O3. The van der Waals surface area contributed by atoms with Crippen molar-refractivity contribution in [2.24, 2.45) is 5.92 Å². The second-order valence-corrected chi connectivity index (χ2v) is 10.5.